The molecule has 4 aromatic carbocycles. The van der Waals surface area contributed by atoms with Crippen LogP contribution in [0.2, 0.25) is 0 Å². The van der Waals surface area contributed by atoms with E-state index in [9.17, 15) is 4.79 Å². The summed E-state index contributed by atoms with van der Waals surface area (Å²) in [6, 6.07) is 25.7. The predicted molar refractivity (Wildman–Crippen MR) is 120 cm³/mol. The van der Waals surface area contributed by atoms with Crippen LogP contribution < -0.4 is 14.9 Å². The minimum absolute atomic E-state index is 0.155. The molecule has 0 unspecified atom stereocenters. The predicted octanol–water partition coefficient (Wildman–Crippen LogP) is 4.92. The van der Waals surface area contributed by atoms with Crippen LogP contribution in [-0.4, -0.2) is 25.3 Å². The number of rotatable bonds is 7. The van der Waals surface area contributed by atoms with E-state index < -0.39 is 0 Å². The average molecular weight is 398 g/mol. The number of carbonyl (C=O) groups is 1. The second-order valence-corrected chi connectivity index (χ2v) is 6.69. The largest absolute Gasteiger partial charge is 0.490 e. The molecule has 0 spiro atoms. The first kappa shape index (κ1) is 19.5. The average Bonchev–Trinajstić information content (AvgIpc) is 2.78. The fourth-order valence-electron chi connectivity index (χ4n) is 3.38. The SMILES string of the molecule is CCOc1ccccc1OCC(=O)N/N=C\c1c2ccccc2cc2ccccc12. The number of ether oxygens (including phenoxy) is 2. The molecule has 0 aromatic heterocycles. The highest BCUT2D eigenvalue weighted by Crippen LogP contribution is 2.27. The Labute approximate surface area is 174 Å². The summed E-state index contributed by atoms with van der Waals surface area (Å²) in [4.78, 5) is 12.2. The summed E-state index contributed by atoms with van der Waals surface area (Å²) in [7, 11) is 0. The molecule has 4 aromatic rings. The van der Waals surface area contributed by atoms with Crippen LogP contribution in [0, 0.1) is 0 Å². The summed E-state index contributed by atoms with van der Waals surface area (Å²) in [6.45, 7) is 2.27. The number of para-hydroxylation sites is 2. The summed E-state index contributed by atoms with van der Waals surface area (Å²) in [6.07, 6.45) is 1.69. The van der Waals surface area contributed by atoms with Crippen LogP contribution in [0.1, 0.15) is 12.5 Å². The first-order chi connectivity index (χ1) is 14.8. The zero-order chi connectivity index (χ0) is 20.8. The molecule has 0 radical (unpaired) electrons. The zero-order valence-electron chi connectivity index (χ0n) is 16.7. The summed E-state index contributed by atoms with van der Waals surface area (Å²) >= 11 is 0. The maximum absolute atomic E-state index is 12.2. The van der Waals surface area contributed by atoms with Gasteiger partial charge in [0.1, 0.15) is 0 Å². The van der Waals surface area contributed by atoms with Gasteiger partial charge in [0.2, 0.25) is 0 Å². The Bertz CT molecular complexity index is 1160. The summed E-state index contributed by atoms with van der Waals surface area (Å²) < 4.78 is 11.1. The van der Waals surface area contributed by atoms with Crippen molar-refractivity contribution in [2.45, 2.75) is 6.92 Å². The summed E-state index contributed by atoms with van der Waals surface area (Å²) in [5, 5.41) is 8.59. The Kier molecular flexibility index (Phi) is 5.90. The van der Waals surface area contributed by atoms with Gasteiger partial charge in [-0.2, -0.15) is 5.10 Å². The maximum atomic E-state index is 12.2. The van der Waals surface area contributed by atoms with Crippen LogP contribution >= 0.6 is 0 Å². The number of nitrogens with one attached hydrogen (secondary N) is 1. The maximum Gasteiger partial charge on any atom is 0.277 e. The zero-order valence-corrected chi connectivity index (χ0v) is 16.7. The lowest BCUT2D eigenvalue weighted by molar-refractivity contribution is -0.123. The first-order valence-corrected chi connectivity index (χ1v) is 9.83. The van der Waals surface area contributed by atoms with Crippen LogP contribution in [0.4, 0.5) is 0 Å². The topological polar surface area (TPSA) is 59.9 Å². The van der Waals surface area contributed by atoms with Gasteiger partial charge in [-0.3, -0.25) is 4.79 Å². The van der Waals surface area contributed by atoms with Gasteiger partial charge in [-0.05, 0) is 46.7 Å². The molecular weight excluding hydrogens is 376 g/mol. The van der Waals surface area contributed by atoms with Crippen molar-refractivity contribution in [3.8, 4) is 11.5 Å². The Balaban J connectivity index is 1.49. The van der Waals surface area contributed by atoms with Crippen molar-refractivity contribution >= 4 is 33.7 Å². The molecule has 0 saturated carbocycles. The number of hydrogen-bond acceptors (Lipinski definition) is 4. The van der Waals surface area contributed by atoms with E-state index in [4.69, 9.17) is 9.47 Å². The van der Waals surface area contributed by atoms with E-state index in [0.717, 1.165) is 27.1 Å². The molecule has 0 aliphatic heterocycles. The van der Waals surface area contributed by atoms with Crippen LogP contribution in [0.15, 0.2) is 84.0 Å². The monoisotopic (exact) mass is 398 g/mol. The fourth-order valence-corrected chi connectivity index (χ4v) is 3.38. The van der Waals surface area contributed by atoms with Crippen LogP contribution in [0.3, 0.4) is 0 Å². The summed E-state index contributed by atoms with van der Waals surface area (Å²) in [5.41, 5.74) is 3.51. The molecule has 0 aliphatic rings. The van der Waals surface area contributed by atoms with E-state index in [2.05, 4.69) is 40.9 Å². The van der Waals surface area contributed by atoms with Gasteiger partial charge in [-0.1, -0.05) is 60.7 Å². The lowest BCUT2D eigenvalue weighted by Gasteiger charge is -2.10. The Morgan fingerprint density at radius 1 is 0.867 bits per heavy atom. The molecule has 0 saturated heterocycles. The quantitative estimate of drug-likeness (QED) is 0.273. The van der Waals surface area contributed by atoms with E-state index in [1.165, 1.54) is 0 Å². The highest BCUT2D eigenvalue weighted by Gasteiger charge is 2.08. The number of nitrogens with zero attached hydrogens (tertiary/aromatic N) is 1. The second kappa shape index (κ2) is 9.09. The van der Waals surface area contributed by atoms with Crippen molar-refractivity contribution in [1.82, 2.24) is 5.43 Å². The normalized spacial score (nSPS) is 11.1. The molecule has 1 amide bonds. The number of carbonyl (C=O) groups excluding carboxylic acids is 1. The van der Waals surface area contributed by atoms with Crippen molar-refractivity contribution in [3.63, 3.8) is 0 Å². The van der Waals surface area contributed by atoms with Crippen LogP contribution in [0.5, 0.6) is 11.5 Å². The van der Waals surface area contributed by atoms with Crippen LogP contribution in [-0.2, 0) is 4.79 Å². The van der Waals surface area contributed by atoms with Crippen molar-refractivity contribution in [1.29, 1.82) is 0 Å². The van der Waals surface area contributed by atoms with Crippen LogP contribution in [0.25, 0.3) is 21.5 Å². The molecule has 150 valence electrons. The Hall–Kier alpha value is -3.86. The van der Waals surface area contributed by atoms with Gasteiger partial charge in [0.25, 0.3) is 5.91 Å². The van der Waals surface area contributed by atoms with Gasteiger partial charge in [0, 0.05) is 5.56 Å². The third kappa shape index (κ3) is 4.25. The molecule has 30 heavy (non-hydrogen) atoms. The van der Waals surface area contributed by atoms with E-state index in [-0.39, 0.29) is 12.5 Å². The van der Waals surface area contributed by atoms with Crippen molar-refractivity contribution in [2.24, 2.45) is 5.10 Å². The van der Waals surface area contributed by atoms with Crippen molar-refractivity contribution in [3.05, 3.63) is 84.4 Å². The van der Waals surface area contributed by atoms with E-state index in [0.29, 0.717) is 18.1 Å². The molecule has 5 heteroatoms. The Morgan fingerprint density at radius 3 is 2.07 bits per heavy atom. The highest BCUT2D eigenvalue weighted by molar-refractivity contribution is 6.13. The van der Waals surface area contributed by atoms with Crippen molar-refractivity contribution in [2.75, 3.05) is 13.2 Å². The molecule has 1 N–H and O–H groups in total. The minimum atomic E-state index is -0.345. The van der Waals surface area contributed by atoms with Gasteiger partial charge in [0.15, 0.2) is 18.1 Å². The third-order valence-corrected chi connectivity index (χ3v) is 4.70. The number of fused-ring (bicyclic) bond motifs is 2. The molecule has 0 aliphatic carbocycles. The molecule has 0 heterocycles. The number of hydrogen-bond donors (Lipinski definition) is 1. The Morgan fingerprint density at radius 2 is 1.43 bits per heavy atom. The fraction of sp³-hybridized carbons (Fsp3) is 0.120. The number of hydrazone groups is 1. The smallest absolute Gasteiger partial charge is 0.277 e. The molecule has 0 fully saturated rings. The van der Waals surface area contributed by atoms with E-state index >= 15 is 0 Å². The van der Waals surface area contributed by atoms with Gasteiger partial charge in [-0.25, -0.2) is 5.43 Å². The minimum Gasteiger partial charge on any atom is -0.490 e. The molecule has 5 nitrogen and oxygen atoms in total. The van der Waals surface area contributed by atoms with Gasteiger partial charge in [-0.15, -0.1) is 0 Å². The molecule has 0 bridgehead atoms. The van der Waals surface area contributed by atoms with E-state index in [1.807, 2.05) is 43.3 Å². The molecular formula is C25H22N2O3. The van der Waals surface area contributed by atoms with E-state index in [1.54, 1.807) is 18.3 Å². The number of amides is 1. The molecule has 4 rings (SSSR count). The van der Waals surface area contributed by atoms with Gasteiger partial charge < -0.3 is 9.47 Å². The van der Waals surface area contributed by atoms with Gasteiger partial charge in [0.05, 0.1) is 12.8 Å². The van der Waals surface area contributed by atoms with Crippen molar-refractivity contribution < 1.29 is 14.3 Å². The third-order valence-electron chi connectivity index (χ3n) is 4.70. The standard InChI is InChI=1S/C25H22N2O3/c1-2-29-23-13-7-8-14-24(23)30-17-25(28)27-26-16-22-20-11-5-3-9-18(20)15-19-10-4-6-12-21(19)22/h3-16H,2,17H2,1H3,(H,27,28)/b26-16-. The number of benzene rings is 4. The summed E-state index contributed by atoms with van der Waals surface area (Å²) in [5.74, 6) is 0.791. The highest BCUT2D eigenvalue weighted by atomic mass is 16.5. The first-order valence-electron chi connectivity index (χ1n) is 9.83. The molecule has 0 atom stereocenters. The lowest BCUT2D eigenvalue weighted by Crippen LogP contribution is -2.24. The lowest BCUT2D eigenvalue weighted by atomic mass is 9.97. The van der Waals surface area contributed by atoms with Gasteiger partial charge >= 0.3 is 0 Å². The second-order valence-electron chi connectivity index (χ2n) is 6.69.